The van der Waals surface area contributed by atoms with Crippen LogP contribution in [0.3, 0.4) is 0 Å². The molecule has 6 nitrogen and oxygen atoms in total. The summed E-state index contributed by atoms with van der Waals surface area (Å²) < 4.78 is 31.7. The van der Waals surface area contributed by atoms with Gasteiger partial charge in [0.25, 0.3) is 5.56 Å². The van der Waals surface area contributed by atoms with Gasteiger partial charge in [-0.25, -0.2) is 4.79 Å². The number of carboxylic acids is 1. The van der Waals surface area contributed by atoms with Crippen LogP contribution in [0.15, 0.2) is 29.1 Å². The monoisotopic (exact) mass is 318 g/mol. The average molecular weight is 318 g/mol. The number of carboxylic acid groups (broad SMARTS) is 1. The average Bonchev–Trinajstić information content (AvgIpc) is 2.40. The van der Waals surface area contributed by atoms with E-state index < -0.39 is 12.1 Å². The first kappa shape index (κ1) is 17.5. The summed E-state index contributed by atoms with van der Waals surface area (Å²) in [5.41, 5.74) is 6.50. The minimum atomic E-state index is -5.08. The zero-order valence-electron chi connectivity index (χ0n) is 11.1. The Bertz CT molecular complexity index is 725. The summed E-state index contributed by atoms with van der Waals surface area (Å²) in [6.07, 6.45) is -4.57. The van der Waals surface area contributed by atoms with Crippen molar-refractivity contribution in [2.45, 2.75) is 12.6 Å². The number of phenols is 1. The van der Waals surface area contributed by atoms with Crippen LogP contribution in [0.1, 0.15) is 5.56 Å². The third-order valence-corrected chi connectivity index (χ3v) is 2.60. The molecule has 0 fully saturated rings. The molecule has 0 aliphatic carbocycles. The maximum absolute atomic E-state index is 11.5. The number of hydrogen-bond donors (Lipinski definition) is 4. The lowest BCUT2D eigenvalue weighted by molar-refractivity contribution is -0.192. The Kier molecular flexibility index (Phi) is 5.52. The number of phenolic OH excluding ortho intramolecular Hbond substituents is 1. The van der Waals surface area contributed by atoms with E-state index in [4.69, 9.17) is 15.6 Å². The normalized spacial score (nSPS) is 10.9. The van der Waals surface area contributed by atoms with Gasteiger partial charge in [-0.15, -0.1) is 0 Å². The Morgan fingerprint density at radius 1 is 1.32 bits per heavy atom. The van der Waals surface area contributed by atoms with Crippen LogP contribution in [0.25, 0.3) is 10.9 Å². The molecule has 0 atom stereocenters. The van der Waals surface area contributed by atoms with Gasteiger partial charge in [0, 0.05) is 10.9 Å². The Morgan fingerprint density at radius 3 is 2.41 bits per heavy atom. The van der Waals surface area contributed by atoms with Gasteiger partial charge in [0.2, 0.25) is 0 Å². The number of alkyl halides is 3. The van der Waals surface area contributed by atoms with E-state index in [0.717, 1.165) is 0 Å². The maximum Gasteiger partial charge on any atom is 0.490 e. The van der Waals surface area contributed by atoms with Gasteiger partial charge in [-0.05, 0) is 31.2 Å². The highest BCUT2D eigenvalue weighted by Gasteiger charge is 2.38. The molecule has 0 bridgehead atoms. The molecule has 1 aromatic carbocycles. The van der Waals surface area contributed by atoms with Crippen molar-refractivity contribution < 1.29 is 28.2 Å². The number of nitrogens with one attached hydrogen (secondary N) is 1. The third-order valence-electron chi connectivity index (χ3n) is 2.60. The molecule has 0 aliphatic heterocycles. The van der Waals surface area contributed by atoms with Gasteiger partial charge in [0.1, 0.15) is 5.75 Å². The van der Waals surface area contributed by atoms with E-state index in [-0.39, 0.29) is 11.3 Å². The Labute approximate surface area is 122 Å². The second-order valence-corrected chi connectivity index (χ2v) is 4.20. The standard InChI is InChI=1S/C11H12N2O2.C2HF3O2/c12-5-4-7-6-8-9(13-11(7)15)2-1-3-10(8)14;3-2(4,5)1(6)7/h1-3,6,14H,4-5,12H2,(H,13,15);(H,6,7). The SMILES string of the molecule is NCCc1cc2c(O)cccc2[nH]c1=O.O=C(O)C(F)(F)F. The van der Waals surface area contributed by atoms with Gasteiger partial charge in [-0.2, -0.15) is 13.2 Å². The predicted molar refractivity (Wildman–Crippen MR) is 72.7 cm³/mol. The first-order valence-corrected chi connectivity index (χ1v) is 6.01. The molecule has 1 aromatic heterocycles. The van der Waals surface area contributed by atoms with Gasteiger partial charge in [0.15, 0.2) is 0 Å². The number of fused-ring (bicyclic) bond motifs is 1. The van der Waals surface area contributed by atoms with Crippen molar-refractivity contribution in [3.05, 3.63) is 40.2 Å². The fraction of sp³-hybridized carbons (Fsp3) is 0.231. The van der Waals surface area contributed by atoms with Crippen molar-refractivity contribution in [2.75, 3.05) is 6.54 Å². The maximum atomic E-state index is 11.5. The van der Waals surface area contributed by atoms with Crippen molar-refractivity contribution >= 4 is 16.9 Å². The highest BCUT2D eigenvalue weighted by molar-refractivity contribution is 5.85. The minimum Gasteiger partial charge on any atom is -0.507 e. The number of nitrogens with two attached hydrogens (primary N) is 1. The number of rotatable bonds is 2. The van der Waals surface area contributed by atoms with Gasteiger partial charge in [-0.1, -0.05) is 6.07 Å². The zero-order chi connectivity index (χ0) is 16.9. The van der Waals surface area contributed by atoms with E-state index in [1.807, 2.05) is 0 Å². The number of carbonyl (C=O) groups is 1. The molecular formula is C13H13F3N2O4. The molecule has 0 radical (unpaired) electrons. The second kappa shape index (κ2) is 6.94. The molecule has 1 heterocycles. The van der Waals surface area contributed by atoms with Crippen molar-refractivity contribution in [3.63, 3.8) is 0 Å². The van der Waals surface area contributed by atoms with Gasteiger partial charge in [-0.3, -0.25) is 4.79 Å². The molecule has 22 heavy (non-hydrogen) atoms. The Morgan fingerprint density at radius 2 is 1.91 bits per heavy atom. The molecule has 0 amide bonds. The van der Waals surface area contributed by atoms with Crippen LogP contribution in [0.5, 0.6) is 5.75 Å². The molecule has 0 unspecified atom stereocenters. The molecular weight excluding hydrogens is 305 g/mol. The Balaban J connectivity index is 0.000000295. The smallest absolute Gasteiger partial charge is 0.490 e. The van der Waals surface area contributed by atoms with Crippen LogP contribution in [0, 0.1) is 0 Å². The summed E-state index contributed by atoms with van der Waals surface area (Å²) in [6.45, 7) is 0.419. The molecule has 9 heteroatoms. The van der Waals surface area contributed by atoms with E-state index in [1.54, 1.807) is 24.3 Å². The zero-order valence-corrected chi connectivity index (χ0v) is 11.1. The molecule has 0 saturated heterocycles. The van der Waals surface area contributed by atoms with Crippen molar-refractivity contribution in [1.29, 1.82) is 0 Å². The fourth-order valence-corrected chi connectivity index (χ4v) is 1.60. The summed E-state index contributed by atoms with van der Waals surface area (Å²) in [4.78, 5) is 23.2. The van der Waals surface area contributed by atoms with E-state index in [9.17, 15) is 23.1 Å². The number of aromatic nitrogens is 1. The lowest BCUT2D eigenvalue weighted by Gasteiger charge is -2.03. The third kappa shape index (κ3) is 4.48. The molecule has 0 aliphatic rings. The lowest BCUT2D eigenvalue weighted by atomic mass is 10.1. The highest BCUT2D eigenvalue weighted by atomic mass is 19.4. The van der Waals surface area contributed by atoms with Crippen LogP contribution >= 0.6 is 0 Å². The molecule has 5 N–H and O–H groups in total. The summed E-state index contributed by atoms with van der Waals surface area (Å²) in [5, 5.41) is 17.4. The van der Waals surface area contributed by atoms with Crippen molar-refractivity contribution in [3.8, 4) is 5.75 Å². The van der Waals surface area contributed by atoms with Gasteiger partial charge < -0.3 is 20.9 Å². The Hall–Kier alpha value is -2.55. The minimum absolute atomic E-state index is 0.140. The summed E-state index contributed by atoms with van der Waals surface area (Å²) in [5.74, 6) is -2.59. The molecule has 2 rings (SSSR count). The van der Waals surface area contributed by atoms with Crippen LogP contribution in [0.2, 0.25) is 0 Å². The topological polar surface area (TPSA) is 116 Å². The number of pyridine rings is 1. The molecule has 120 valence electrons. The molecule has 0 spiro atoms. The van der Waals surface area contributed by atoms with Crippen LogP contribution < -0.4 is 11.3 Å². The van der Waals surface area contributed by atoms with Gasteiger partial charge >= 0.3 is 12.1 Å². The van der Waals surface area contributed by atoms with Crippen LogP contribution in [0.4, 0.5) is 13.2 Å². The predicted octanol–water partition coefficient (Wildman–Crippen LogP) is 1.37. The van der Waals surface area contributed by atoms with E-state index in [2.05, 4.69) is 4.98 Å². The van der Waals surface area contributed by atoms with Crippen molar-refractivity contribution in [1.82, 2.24) is 4.98 Å². The fourth-order valence-electron chi connectivity index (χ4n) is 1.60. The van der Waals surface area contributed by atoms with Gasteiger partial charge in [0.05, 0.1) is 5.52 Å². The first-order chi connectivity index (χ1) is 10.2. The second-order valence-electron chi connectivity index (χ2n) is 4.20. The number of halogens is 3. The largest absolute Gasteiger partial charge is 0.507 e. The molecule has 0 saturated carbocycles. The van der Waals surface area contributed by atoms with Crippen LogP contribution in [-0.2, 0) is 11.2 Å². The quantitative estimate of drug-likeness (QED) is 0.667. The number of aromatic hydroxyl groups is 1. The first-order valence-electron chi connectivity index (χ1n) is 6.01. The number of hydrogen-bond acceptors (Lipinski definition) is 4. The van der Waals surface area contributed by atoms with E-state index >= 15 is 0 Å². The number of aromatic amines is 1. The van der Waals surface area contributed by atoms with Crippen LogP contribution in [-0.4, -0.2) is 33.9 Å². The lowest BCUT2D eigenvalue weighted by Crippen LogP contribution is -2.21. The summed E-state index contributed by atoms with van der Waals surface area (Å²) >= 11 is 0. The van der Waals surface area contributed by atoms with Crippen molar-refractivity contribution in [2.24, 2.45) is 5.73 Å². The number of H-pyrrole nitrogens is 1. The van der Waals surface area contributed by atoms with E-state index in [1.165, 1.54) is 0 Å². The summed E-state index contributed by atoms with van der Waals surface area (Å²) in [7, 11) is 0. The number of benzene rings is 1. The highest BCUT2D eigenvalue weighted by Crippen LogP contribution is 2.22. The number of aliphatic carboxylic acids is 1. The molecule has 2 aromatic rings. The summed E-state index contributed by atoms with van der Waals surface area (Å²) in [6, 6.07) is 6.72. The van der Waals surface area contributed by atoms with E-state index in [0.29, 0.717) is 29.4 Å².